The number of hydrogen-bond acceptors (Lipinski definition) is 6. The van der Waals surface area contributed by atoms with Gasteiger partial charge in [-0.2, -0.15) is 0 Å². The van der Waals surface area contributed by atoms with E-state index in [1.165, 1.54) is 49.5 Å². The molecule has 3 aromatic rings. The van der Waals surface area contributed by atoms with Crippen LogP contribution in [0.4, 0.5) is 10.1 Å². The van der Waals surface area contributed by atoms with Crippen LogP contribution < -0.4 is 19.1 Å². The van der Waals surface area contributed by atoms with Gasteiger partial charge < -0.3 is 19.7 Å². The Hall–Kier alpha value is -4.12. The fourth-order valence-corrected chi connectivity index (χ4v) is 5.63. The molecule has 0 saturated heterocycles. The summed E-state index contributed by atoms with van der Waals surface area (Å²) in [5, 5.41) is 2.82. The molecule has 2 amide bonds. The zero-order chi connectivity index (χ0) is 30.3. The highest BCUT2D eigenvalue weighted by atomic mass is 32.2. The molecule has 1 atom stereocenters. The van der Waals surface area contributed by atoms with Crippen molar-refractivity contribution in [3.8, 4) is 11.5 Å². The number of benzene rings is 3. The summed E-state index contributed by atoms with van der Waals surface area (Å²) in [4.78, 5) is 28.2. The van der Waals surface area contributed by atoms with Gasteiger partial charge in [-0.1, -0.05) is 24.3 Å². The molecule has 1 N–H and O–H groups in total. The SMILES string of the molecule is COc1ccc(S(=O)(=O)N(CC(=O)N(Cc2ccccc2C)[C@H](C)C(=O)NC(C)C)c2ccc(F)cc2)cc1OC. The molecule has 0 fully saturated rings. The second kappa shape index (κ2) is 13.5. The molecule has 0 bridgehead atoms. The van der Waals surface area contributed by atoms with Crippen molar-refractivity contribution in [2.75, 3.05) is 25.1 Å². The van der Waals surface area contributed by atoms with Crippen LogP contribution in [0.1, 0.15) is 31.9 Å². The predicted molar refractivity (Wildman–Crippen MR) is 155 cm³/mol. The second-order valence-electron chi connectivity index (χ2n) is 9.79. The molecular weight excluding hydrogens is 549 g/mol. The van der Waals surface area contributed by atoms with Crippen molar-refractivity contribution in [2.24, 2.45) is 0 Å². The number of nitrogens with one attached hydrogen (secondary N) is 1. The highest BCUT2D eigenvalue weighted by Gasteiger charge is 2.33. The number of ether oxygens (including phenoxy) is 2. The van der Waals surface area contributed by atoms with Crippen LogP contribution in [-0.2, 0) is 26.2 Å². The van der Waals surface area contributed by atoms with E-state index < -0.39 is 34.3 Å². The zero-order valence-corrected chi connectivity index (χ0v) is 24.9. The van der Waals surface area contributed by atoms with Gasteiger partial charge in [0.05, 0.1) is 24.8 Å². The Labute approximate surface area is 240 Å². The summed E-state index contributed by atoms with van der Waals surface area (Å²) < 4.78 is 53.2. The van der Waals surface area contributed by atoms with Crippen molar-refractivity contribution in [3.63, 3.8) is 0 Å². The quantitative estimate of drug-likeness (QED) is 0.340. The van der Waals surface area contributed by atoms with E-state index in [1.807, 2.05) is 45.0 Å². The molecular formula is C30H36FN3O6S. The second-order valence-corrected chi connectivity index (χ2v) is 11.7. The lowest BCUT2D eigenvalue weighted by Gasteiger charge is -2.32. The van der Waals surface area contributed by atoms with E-state index in [0.29, 0.717) is 5.75 Å². The molecule has 41 heavy (non-hydrogen) atoms. The highest BCUT2D eigenvalue weighted by Crippen LogP contribution is 2.32. The summed E-state index contributed by atoms with van der Waals surface area (Å²) in [6.45, 7) is 6.54. The third kappa shape index (κ3) is 7.55. The number of carbonyl (C=O) groups is 2. The number of rotatable bonds is 12. The Kier molecular flexibility index (Phi) is 10.3. The maximum atomic E-state index is 14.0. The molecule has 220 valence electrons. The van der Waals surface area contributed by atoms with Crippen LogP contribution >= 0.6 is 0 Å². The van der Waals surface area contributed by atoms with Crippen molar-refractivity contribution in [3.05, 3.63) is 83.7 Å². The Morgan fingerprint density at radius 1 is 0.927 bits per heavy atom. The number of methoxy groups -OCH3 is 2. The minimum absolute atomic E-state index is 0.0738. The molecule has 0 radical (unpaired) electrons. The Bertz CT molecular complexity index is 1480. The number of halogens is 1. The van der Waals surface area contributed by atoms with Gasteiger partial charge in [-0.05, 0) is 75.2 Å². The number of aryl methyl sites for hydroxylation is 1. The number of amides is 2. The topological polar surface area (TPSA) is 105 Å². The molecule has 3 aromatic carbocycles. The first-order valence-electron chi connectivity index (χ1n) is 13.0. The summed E-state index contributed by atoms with van der Waals surface area (Å²) in [5.41, 5.74) is 1.79. The van der Waals surface area contributed by atoms with Crippen LogP contribution in [0.15, 0.2) is 71.6 Å². The minimum Gasteiger partial charge on any atom is -0.493 e. The molecule has 0 heterocycles. The van der Waals surface area contributed by atoms with Gasteiger partial charge >= 0.3 is 0 Å². The smallest absolute Gasteiger partial charge is 0.264 e. The van der Waals surface area contributed by atoms with Crippen LogP contribution in [0.2, 0.25) is 0 Å². The normalized spacial score (nSPS) is 12.0. The molecule has 11 heteroatoms. The van der Waals surface area contributed by atoms with Gasteiger partial charge in [0.1, 0.15) is 18.4 Å². The van der Waals surface area contributed by atoms with Crippen molar-refractivity contribution in [2.45, 2.75) is 51.2 Å². The number of anilines is 1. The lowest BCUT2D eigenvalue weighted by Crippen LogP contribution is -2.52. The standard InChI is InChI=1S/C30H36FN3O6S/c1-20(2)32-30(36)22(4)33(18-23-10-8-7-9-21(23)3)29(35)19-34(25-13-11-24(31)12-14-25)41(37,38)26-15-16-27(39-5)28(17-26)40-6/h7-17,20,22H,18-19H2,1-6H3,(H,32,36)/t22-/m1/s1. The summed E-state index contributed by atoms with van der Waals surface area (Å²) in [7, 11) is -1.57. The van der Waals surface area contributed by atoms with E-state index in [1.54, 1.807) is 6.92 Å². The van der Waals surface area contributed by atoms with Gasteiger partial charge in [0.25, 0.3) is 10.0 Å². The fraction of sp³-hybridized carbons (Fsp3) is 0.333. The van der Waals surface area contributed by atoms with E-state index in [4.69, 9.17) is 9.47 Å². The van der Waals surface area contributed by atoms with Crippen LogP contribution in [-0.4, -0.2) is 58.0 Å². The van der Waals surface area contributed by atoms with Crippen LogP contribution in [0.3, 0.4) is 0 Å². The molecule has 0 spiro atoms. The number of nitrogens with zero attached hydrogens (tertiary/aromatic N) is 2. The van der Waals surface area contributed by atoms with Gasteiger partial charge in [-0.15, -0.1) is 0 Å². The van der Waals surface area contributed by atoms with Crippen LogP contribution in [0, 0.1) is 12.7 Å². The lowest BCUT2D eigenvalue weighted by atomic mass is 10.1. The summed E-state index contributed by atoms with van der Waals surface area (Å²) in [6, 6.07) is 15.2. The van der Waals surface area contributed by atoms with Crippen LogP contribution in [0.5, 0.6) is 11.5 Å². The lowest BCUT2D eigenvalue weighted by molar-refractivity contribution is -0.139. The molecule has 0 aliphatic heterocycles. The Morgan fingerprint density at radius 3 is 2.15 bits per heavy atom. The van der Waals surface area contributed by atoms with E-state index in [9.17, 15) is 22.4 Å². The predicted octanol–water partition coefficient (Wildman–Crippen LogP) is 4.29. The van der Waals surface area contributed by atoms with E-state index >= 15 is 0 Å². The van der Waals surface area contributed by atoms with E-state index in [0.717, 1.165) is 27.6 Å². The van der Waals surface area contributed by atoms with Gasteiger partial charge in [0, 0.05) is 18.7 Å². The fourth-order valence-electron chi connectivity index (χ4n) is 4.20. The number of hydrogen-bond donors (Lipinski definition) is 1. The van der Waals surface area contributed by atoms with Gasteiger partial charge in [0.2, 0.25) is 11.8 Å². The number of carbonyl (C=O) groups excluding carboxylic acids is 2. The molecule has 3 rings (SSSR count). The molecule has 0 unspecified atom stereocenters. The molecule has 0 aliphatic rings. The summed E-state index contributed by atoms with van der Waals surface area (Å²) in [5.74, 6) is -1.06. The number of sulfonamides is 1. The van der Waals surface area contributed by atoms with Crippen molar-refractivity contribution >= 4 is 27.5 Å². The first-order chi connectivity index (χ1) is 19.4. The maximum Gasteiger partial charge on any atom is 0.264 e. The van der Waals surface area contributed by atoms with E-state index in [-0.39, 0.29) is 34.8 Å². The Balaban J connectivity index is 2.08. The molecule has 0 aliphatic carbocycles. The van der Waals surface area contributed by atoms with Gasteiger partial charge in [0.15, 0.2) is 11.5 Å². The first-order valence-corrected chi connectivity index (χ1v) is 14.5. The van der Waals surface area contributed by atoms with Crippen LogP contribution in [0.25, 0.3) is 0 Å². The maximum absolute atomic E-state index is 14.0. The molecule has 9 nitrogen and oxygen atoms in total. The Morgan fingerprint density at radius 2 is 1.56 bits per heavy atom. The summed E-state index contributed by atoms with van der Waals surface area (Å²) >= 11 is 0. The monoisotopic (exact) mass is 585 g/mol. The average Bonchev–Trinajstić information content (AvgIpc) is 2.94. The zero-order valence-electron chi connectivity index (χ0n) is 24.0. The summed E-state index contributed by atoms with van der Waals surface area (Å²) in [6.07, 6.45) is 0. The largest absolute Gasteiger partial charge is 0.493 e. The van der Waals surface area contributed by atoms with Crippen molar-refractivity contribution < 1.29 is 31.9 Å². The third-order valence-corrected chi connectivity index (χ3v) is 8.31. The molecule has 0 aromatic heterocycles. The average molecular weight is 586 g/mol. The van der Waals surface area contributed by atoms with Gasteiger partial charge in [-0.25, -0.2) is 12.8 Å². The van der Waals surface area contributed by atoms with E-state index in [2.05, 4.69) is 5.32 Å². The minimum atomic E-state index is -4.37. The van der Waals surface area contributed by atoms with Crippen molar-refractivity contribution in [1.29, 1.82) is 0 Å². The third-order valence-electron chi connectivity index (χ3n) is 6.54. The highest BCUT2D eigenvalue weighted by molar-refractivity contribution is 7.92. The molecule has 0 saturated carbocycles. The van der Waals surface area contributed by atoms with Gasteiger partial charge in [-0.3, -0.25) is 13.9 Å². The first kappa shape index (κ1) is 31.4. The van der Waals surface area contributed by atoms with Crippen molar-refractivity contribution in [1.82, 2.24) is 10.2 Å².